The van der Waals surface area contributed by atoms with Crippen LogP contribution in [0.15, 0.2) is 54.6 Å². The molecule has 2 fully saturated rings. The van der Waals surface area contributed by atoms with Crippen LogP contribution < -0.4 is 0 Å². The quantitative estimate of drug-likeness (QED) is 0.745. The van der Waals surface area contributed by atoms with Gasteiger partial charge < -0.3 is 4.74 Å². The van der Waals surface area contributed by atoms with Crippen molar-refractivity contribution >= 4 is 0 Å². The van der Waals surface area contributed by atoms with Gasteiger partial charge in [0.1, 0.15) is 0 Å². The van der Waals surface area contributed by atoms with Gasteiger partial charge in [-0.25, -0.2) is 0 Å². The van der Waals surface area contributed by atoms with Gasteiger partial charge in [-0.15, -0.1) is 0 Å². The van der Waals surface area contributed by atoms with E-state index in [0.717, 1.165) is 5.92 Å². The zero-order valence-electron chi connectivity index (χ0n) is 11.7. The Morgan fingerprint density at radius 2 is 1.55 bits per heavy atom. The summed E-state index contributed by atoms with van der Waals surface area (Å²) in [6.07, 6.45) is 6.30. The van der Waals surface area contributed by atoms with Crippen LogP contribution in [0.1, 0.15) is 24.8 Å². The number of benzene rings is 2. The maximum absolute atomic E-state index is 5.62. The van der Waals surface area contributed by atoms with E-state index in [-0.39, 0.29) is 0 Å². The van der Waals surface area contributed by atoms with Crippen molar-refractivity contribution < 1.29 is 4.74 Å². The monoisotopic (exact) mass is 264 g/mol. The highest BCUT2D eigenvalue weighted by Gasteiger charge is 2.43. The van der Waals surface area contributed by atoms with Crippen molar-refractivity contribution in [1.82, 2.24) is 0 Å². The lowest BCUT2D eigenvalue weighted by atomic mass is 9.84. The van der Waals surface area contributed by atoms with E-state index in [1.807, 2.05) is 0 Å². The number of epoxide rings is 1. The van der Waals surface area contributed by atoms with Crippen LogP contribution >= 0.6 is 0 Å². The van der Waals surface area contributed by atoms with Crippen molar-refractivity contribution in [1.29, 1.82) is 0 Å². The molecule has 2 aliphatic rings. The molecule has 1 heteroatoms. The van der Waals surface area contributed by atoms with Crippen molar-refractivity contribution in [3.05, 3.63) is 60.2 Å². The van der Waals surface area contributed by atoms with Crippen molar-refractivity contribution in [2.24, 2.45) is 5.92 Å². The summed E-state index contributed by atoms with van der Waals surface area (Å²) in [6, 6.07) is 19.7. The second-order valence-corrected chi connectivity index (χ2v) is 6.16. The normalized spacial score (nSPS) is 27.9. The van der Waals surface area contributed by atoms with Crippen LogP contribution in [0.3, 0.4) is 0 Å². The van der Waals surface area contributed by atoms with Gasteiger partial charge in [-0.2, -0.15) is 0 Å². The molecule has 1 aliphatic heterocycles. The van der Waals surface area contributed by atoms with Crippen molar-refractivity contribution in [3.8, 4) is 11.1 Å². The minimum Gasteiger partial charge on any atom is -0.370 e. The van der Waals surface area contributed by atoms with E-state index in [2.05, 4.69) is 54.6 Å². The van der Waals surface area contributed by atoms with Crippen LogP contribution in [-0.2, 0) is 11.2 Å². The summed E-state index contributed by atoms with van der Waals surface area (Å²) < 4.78 is 5.62. The van der Waals surface area contributed by atoms with Gasteiger partial charge in [0, 0.05) is 0 Å². The fourth-order valence-corrected chi connectivity index (χ4v) is 3.47. The standard InChI is InChI=1S/C19H20O/c1-2-4-16(5-3-1)17-9-6-14(7-10-17)12-15-8-11-18-19(13-15)20-18/h1-7,9-10,15,18-19H,8,11-13H2. The molecular formula is C19H20O. The molecule has 0 N–H and O–H groups in total. The maximum Gasteiger partial charge on any atom is 0.0844 e. The first-order chi connectivity index (χ1) is 9.88. The van der Waals surface area contributed by atoms with Crippen LogP contribution in [-0.4, -0.2) is 12.2 Å². The van der Waals surface area contributed by atoms with Gasteiger partial charge in [-0.05, 0) is 48.3 Å². The molecule has 1 nitrogen and oxygen atoms in total. The molecule has 0 spiro atoms. The molecule has 102 valence electrons. The average molecular weight is 264 g/mol. The highest BCUT2D eigenvalue weighted by molar-refractivity contribution is 5.63. The average Bonchev–Trinajstić information content (AvgIpc) is 3.28. The Kier molecular flexibility index (Phi) is 3.08. The summed E-state index contributed by atoms with van der Waals surface area (Å²) in [5, 5.41) is 0. The first-order valence-corrected chi connectivity index (χ1v) is 7.68. The molecule has 0 aromatic heterocycles. The third kappa shape index (κ3) is 2.51. The van der Waals surface area contributed by atoms with Crippen molar-refractivity contribution in [3.63, 3.8) is 0 Å². The number of rotatable bonds is 3. The smallest absolute Gasteiger partial charge is 0.0844 e. The molecule has 0 radical (unpaired) electrons. The van der Waals surface area contributed by atoms with Gasteiger partial charge in [0.2, 0.25) is 0 Å². The van der Waals surface area contributed by atoms with Crippen molar-refractivity contribution in [2.75, 3.05) is 0 Å². The summed E-state index contributed by atoms with van der Waals surface area (Å²) in [7, 11) is 0. The fraction of sp³-hybridized carbons (Fsp3) is 0.368. The van der Waals surface area contributed by atoms with E-state index >= 15 is 0 Å². The zero-order valence-corrected chi connectivity index (χ0v) is 11.7. The van der Waals surface area contributed by atoms with Crippen LogP contribution in [0.4, 0.5) is 0 Å². The van der Waals surface area contributed by atoms with E-state index in [4.69, 9.17) is 4.74 Å². The van der Waals surface area contributed by atoms with Gasteiger partial charge >= 0.3 is 0 Å². The Morgan fingerprint density at radius 3 is 2.30 bits per heavy atom. The molecule has 1 aliphatic carbocycles. The Morgan fingerprint density at radius 1 is 0.800 bits per heavy atom. The molecule has 1 saturated heterocycles. The lowest BCUT2D eigenvalue weighted by molar-refractivity contribution is 0.360. The van der Waals surface area contributed by atoms with Crippen LogP contribution in [0.25, 0.3) is 11.1 Å². The number of ether oxygens (including phenoxy) is 1. The molecule has 3 atom stereocenters. The van der Waals surface area contributed by atoms with Crippen molar-refractivity contribution in [2.45, 2.75) is 37.9 Å². The largest absolute Gasteiger partial charge is 0.370 e. The molecule has 0 amide bonds. The molecule has 2 aromatic carbocycles. The summed E-state index contributed by atoms with van der Waals surface area (Å²) in [5.74, 6) is 0.821. The summed E-state index contributed by atoms with van der Waals surface area (Å²) in [4.78, 5) is 0. The third-order valence-electron chi connectivity index (χ3n) is 4.70. The van der Waals surface area contributed by atoms with E-state index in [1.165, 1.54) is 42.4 Å². The predicted molar refractivity (Wildman–Crippen MR) is 81.6 cm³/mol. The minimum atomic E-state index is 0.595. The van der Waals surface area contributed by atoms with E-state index in [9.17, 15) is 0 Å². The maximum atomic E-state index is 5.62. The van der Waals surface area contributed by atoms with E-state index in [0.29, 0.717) is 12.2 Å². The zero-order chi connectivity index (χ0) is 13.4. The highest BCUT2D eigenvalue weighted by Crippen LogP contribution is 2.40. The number of hydrogen-bond acceptors (Lipinski definition) is 1. The molecule has 2 aromatic rings. The van der Waals surface area contributed by atoms with Gasteiger partial charge in [-0.1, -0.05) is 54.6 Å². The van der Waals surface area contributed by atoms with Crippen LogP contribution in [0.2, 0.25) is 0 Å². The second kappa shape index (κ2) is 5.06. The topological polar surface area (TPSA) is 12.5 Å². The molecule has 1 heterocycles. The van der Waals surface area contributed by atoms with Crippen LogP contribution in [0, 0.1) is 5.92 Å². The Bertz CT molecular complexity index is 572. The Labute approximate surface area is 120 Å². The molecule has 20 heavy (non-hydrogen) atoms. The molecule has 0 bridgehead atoms. The van der Waals surface area contributed by atoms with Gasteiger partial charge in [-0.3, -0.25) is 0 Å². The molecule has 3 unspecified atom stereocenters. The third-order valence-corrected chi connectivity index (χ3v) is 4.70. The van der Waals surface area contributed by atoms with Gasteiger partial charge in [0.15, 0.2) is 0 Å². The first-order valence-electron chi connectivity index (χ1n) is 7.68. The predicted octanol–water partition coefficient (Wildman–Crippen LogP) is 4.46. The Hall–Kier alpha value is -1.60. The lowest BCUT2D eigenvalue weighted by Crippen LogP contribution is -2.15. The molecule has 4 rings (SSSR count). The van der Waals surface area contributed by atoms with E-state index in [1.54, 1.807) is 0 Å². The summed E-state index contributed by atoms with van der Waals surface area (Å²) in [5.41, 5.74) is 4.07. The van der Waals surface area contributed by atoms with Gasteiger partial charge in [0.05, 0.1) is 12.2 Å². The lowest BCUT2D eigenvalue weighted by Gasteiger charge is -2.18. The Balaban J connectivity index is 1.44. The SMILES string of the molecule is c1ccc(-c2ccc(CC3CCC4OC4C3)cc2)cc1. The fourth-order valence-electron chi connectivity index (χ4n) is 3.47. The first kappa shape index (κ1) is 12.2. The highest BCUT2D eigenvalue weighted by atomic mass is 16.6. The number of fused-ring (bicyclic) bond motifs is 1. The molecular weight excluding hydrogens is 244 g/mol. The van der Waals surface area contributed by atoms with Crippen LogP contribution in [0.5, 0.6) is 0 Å². The van der Waals surface area contributed by atoms with E-state index < -0.39 is 0 Å². The summed E-state index contributed by atoms with van der Waals surface area (Å²) >= 11 is 0. The minimum absolute atomic E-state index is 0.595. The summed E-state index contributed by atoms with van der Waals surface area (Å²) in [6.45, 7) is 0. The molecule has 1 saturated carbocycles. The number of hydrogen-bond donors (Lipinski definition) is 0. The van der Waals surface area contributed by atoms with Gasteiger partial charge in [0.25, 0.3) is 0 Å². The second-order valence-electron chi connectivity index (χ2n) is 6.16.